The van der Waals surface area contributed by atoms with Crippen molar-refractivity contribution in [1.29, 1.82) is 0 Å². The molecule has 21 heavy (non-hydrogen) atoms. The quantitative estimate of drug-likeness (QED) is 0.720. The molecule has 0 aliphatic rings. The lowest BCUT2D eigenvalue weighted by atomic mass is 10.1. The molecule has 1 N–H and O–H groups in total. The summed E-state index contributed by atoms with van der Waals surface area (Å²) in [6.07, 6.45) is 5.36. The van der Waals surface area contributed by atoms with Crippen molar-refractivity contribution in [2.45, 2.75) is 19.5 Å². The van der Waals surface area contributed by atoms with E-state index in [9.17, 15) is 0 Å². The first-order valence-corrected chi connectivity index (χ1v) is 7.29. The van der Waals surface area contributed by atoms with Gasteiger partial charge in [0.05, 0.1) is 13.7 Å². The van der Waals surface area contributed by atoms with Crippen molar-refractivity contribution < 1.29 is 9.47 Å². The number of hydrogen-bond donors (Lipinski definition) is 1. The van der Waals surface area contributed by atoms with Gasteiger partial charge in [0.1, 0.15) is 5.75 Å². The molecule has 4 nitrogen and oxygen atoms in total. The number of methoxy groups -OCH3 is 2. The number of aryl methyl sites for hydroxylation is 2. The number of rotatable bonds is 9. The number of ether oxygens (including phenoxy) is 2. The molecule has 0 fully saturated rings. The highest BCUT2D eigenvalue weighted by molar-refractivity contribution is 5.27. The van der Waals surface area contributed by atoms with Gasteiger partial charge < -0.3 is 19.4 Å². The fourth-order valence-electron chi connectivity index (χ4n) is 2.19. The smallest absolute Gasteiger partial charge is 0.118 e. The van der Waals surface area contributed by atoms with Crippen LogP contribution in [0.15, 0.2) is 42.7 Å². The summed E-state index contributed by atoms with van der Waals surface area (Å²) in [7, 11) is 3.41. The zero-order valence-electron chi connectivity index (χ0n) is 12.8. The lowest BCUT2D eigenvalue weighted by Gasteiger charge is -2.05. The summed E-state index contributed by atoms with van der Waals surface area (Å²) in [5.74, 6) is 0.907. The van der Waals surface area contributed by atoms with Gasteiger partial charge >= 0.3 is 0 Å². The zero-order chi connectivity index (χ0) is 14.9. The third-order valence-corrected chi connectivity index (χ3v) is 3.44. The van der Waals surface area contributed by atoms with Crippen molar-refractivity contribution >= 4 is 0 Å². The molecule has 2 rings (SSSR count). The molecule has 0 aliphatic heterocycles. The second-order valence-corrected chi connectivity index (χ2v) is 5.03. The van der Waals surface area contributed by atoms with E-state index in [1.165, 1.54) is 11.1 Å². The molecule has 0 amide bonds. The Morgan fingerprint density at radius 3 is 2.57 bits per heavy atom. The summed E-state index contributed by atoms with van der Waals surface area (Å²) in [4.78, 5) is 0. The minimum atomic E-state index is 0.748. The van der Waals surface area contributed by atoms with Gasteiger partial charge in [-0.3, -0.25) is 0 Å². The number of hydrogen-bond acceptors (Lipinski definition) is 3. The average molecular weight is 288 g/mol. The van der Waals surface area contributed by atoms with Crippen LogP contribution in [0.5, 0.6) is 5.75 Å². The lowest BCUT2D eigenvalue weighted by Crippen LogP contribution is -2.18. The van der Waals surface area contributed by atoms with Crippen LogP contribution in [-0.2, 0) is 24.2 Å². The van der Waals surface area contributed by atoms with Gasteiger partial charge in [0.25, 0.3) is 0 Å². The van der Waals surface area contributed by atoms with E-state index < -0.39 is 0 Å². The van der Waals surface area contributed by atoms with Gasteiger partial charge in [-0.05, 0) is 35.7 Å². The van der Waals surface area contributed by atoms with Crippen LogP contribution in [0, 0.1) is 0 Å². The Balaban J connectivity index is 1.76. The van der Waals surface area contributed by atoms with Crippen LogP contribution in [0.1, 0.15) is 11.1 Å². The molecule has 2 aromatic rings. The van der Waals surface area contributed by atoms with Gasteiger partial charge in [0.2, 0.25) is 0 Å². The third kappa shape index (κ3) is 5.25. The van der Waals surface area contributed by atoms with Gasteiger partial charge in [0, 0.05) is 39.1 Å². The molecule has 114 valence electrons. The highest BCUT2D eigenvalue weighted by atomic mass is 16.5. The van der Waals surface area contributed by atoms with Crippen molar-refractivity contribution in [3.63, 3.8) is 0 Å². The molecule has 0 unspecified atom stereocenters. The Morgan fingerprint density at radius 1 is 1.05 bits per heavy atom. The van der Waals surface area contributed by atoms with Gasteiger partial charge in [-0.15, -0.1) is 0 Å². The van der Waals surface area contributed by atoms with E-state index in [4.69, 9.17) is 9.47 Å². The van der Waals surface area contributed by atoms with E-state index in [1.807, 2.05) is 12.1 Å². The molecular formula is C17H24N2O2. The maximum atomic E-state index is 5.17. The van der Waals surface area contributed by atoms with E-state index in [-0.39, 0.29) is 0 Å². The van der Waals surface area contributed by atoms with Crippen LogP contribution in [0.2, 0.25) is 0 Å². The van der Waals surface area contributed by atoms with Gasteiger partial charge in [-0.2, -0.15) is 0 Å². The maximum Gasteiger partial charge on any atom is 0.118 e. The van der Waals surface area contributed by atoms with E-state index in [0.29, 0.717) is 0 Å². The summed E-state index contributed by atoms with van der Waals surface area (Å²) in [5, 5.41) is 3.35. The lowest BCUT2D eigenvalue weighted by molar-refractivity contribution is 0.199. The van der Waals surface area contributed by atoms with Crippen molar-refractivity contribution in [3.8, 4) is 5.75 Å². The normalized spacial score (nSPS) is 10.8. The second kappa shape index (κ2) is 8.49. The number of nitrogens with one attached hydrogen (secondary N) is 1. The monoisotopic (exact) mass is 288 g/mol. The Labute approximate surface area is 126 Å². The van der Waals surface area contributed by atoms with E-state index >= 15 is 0 Å². The number of aromatic nitrogens is 1. The van der Waals surface area contributed by atoms with E-state index in [2.05, 4.69) is 40.5 Å². The van der Waals surface area contributed by atoms with Crippen LogP contribution in [0.25, 0.3) is 0 Å². The first-order chi connectivity index (χ1) is 10.3. The van der Waals surface area contributed by atoms with Gasteiger partial charge in [0.15, 0.2) is 0 Å². The molecule has 0 bridgehead atoms. The first-order valence-electron chi connectivity index (χ1n) is 7.29. The molecule has 0 spiro atoms. The third-order valence-electron chi connectivity index (χ3n) is 3.44. The van der Waals surface area contributed by atoms with Crippen molar-refractivity contribution in [3.05, 3.63) is 53.9 Å². The van der Waals surface area contributed by atoms with Crippen LogP contribution in [-0.4, -0.2) is 31.9 Å². The highest BCUT2D eigenvalue weighted by Gasteiger charge is 1.99. The van der Waals surface area contributed by atoms with Crippen molar-refractivity contribution in [2.24, 2.45) is 0 Å². The van der Waals surface area contributed by atoms with E-state index in [0.717, 1.165) is 38.4 Å². The molecule has 0 atom stereocenters. The van der Waals surface area contributed by atoms with Crippen LogP contribution >= 0.6 is 0 Å². The fourth-order valence-corrected chi connectivity index (χ4v) is 2.19. The molecule has 0 saturated carbocycles. The SMILES string of the molecule is COCCNCc1ccn(CCc2ccc(OC)cc2)c1. The Morgan fingerprint density at radius 2 is 1.86 bits per heavy atom. The van der Waals surface area contributed by atoms with Crippen LogP contribution in [0.3, 0.4) is 0 Å². The Bertz CT molecular complexity index is 520. The molecule has 4 heteroatoms. The molecule has 1 aromatic heterocycles. The summed E-state index contributed by atoms with van der Waals surface area (Å²) in [6, 6.07) is 10.4. The summed E-state index contributed by atoms with van der Waals surface area (Å²) in [6.45, 7) is 3.51. The second-order valence-electron chi connectivity index (χ2n) is 5.03. The van der Waals surface area contributed by atoms with Crippen LogP contribution < -0.4 is 10.1 Å². The largest absolute Gasteiger partial charge is 0.497 e. The van der Waals surface area contributed by atoms with Crippen LogP contribution in [0.4, 0.5) is 0 Å². The topological polar surface area (TPSA) is 35.4 Å². The molecule has 0 aliphatic carbocycles. The standard InChI is InChI=1S/C17H24N2O2/c1-20-12-9-18-13-16-8-11-19(14-16)10-7-15-3-5-17(21-2)6-4-15/h3-6,8,11,14,18H,7,9-10,12-13H2,1-2H3. The van der Waals surface area contributed by atoms with E-state index in [1.54, 1.807) is 14.2 Å². The minimum Gasteiger partial charge on any atom is -0.497 e. The van der Waals surface area contributed by atoms with Crippen molar-refractivity contribution in [2.75, 3.05) is 27.4 Å². The highest BCUT2D eigenvalue weighted by Crippen LogP contribution is 2.12. The zero-order valence-corrected chi connectivity index (χ0v) is 12.8. The summed E-state index contributed by atoms with van der Waals surface area (Å²) < 4.78 is 12.4. The summed E-state index contributed by atoms with van der Waals surface area (Å²) >= 11 is 0. The van der Waals surface area contributed by atoms with Crippen molar-refractivity contribution in [1.82, 2.24) is 9.88 Å². The molecule has 1 heterocycles. The average Bonchev–Trinajstić information content (AvgIpc) is 2.98. The molecule has 0 saturated heterocycles. The minimum absolute atomic E-state index is 0.748. The Kier molecular flexibility index (Phi) is 6.31. The maximum absolute atomic E-state index is 5.17. The van der Waals surface area contributed by atoms with Gasteiger partial charge in [-0.25, -0.2) is 0 Å². The summed E-state index contributed by atoms with van der Waals surface area (Å²) in [5.41, 5.74) is 2.63. The number of nitrogens with zero attached hydrogens (tertiary/aromatic N) is 1. The first kappa shape index (κ1) is 15.6. The number of benzene rings is 1. The molecule has 0 radical (unpaired) electrons. The Hall–Kier alpha value is -1.78. The molecule has 1 aromatic carbocycles. The van der Waals surface area contributed by atoms with Gasteiger partial charge in [-0.1, -0.05) is 12.1 Å². The molecular weight excluding hydrogens is 264 g/mol. The fraction of sp³-hybridized carbons (Fsp3) is 0.412. The predicted octanol–water partition coefficient (Wildman–Crippen LogP) is 2.48. The predicted molar refractivity (Wildman–Crippen MR) is 84.7 cm³/mol.